The summed E-state index contributed by atoms with van der Waals surface area (Å²) in [4.78, 5) is 24.4. The number of rotatable bonds is 11. The van der Waals surface area contributed by atoms with Crippen molar-refractivity contribution in [3.05, 3.63) is 131 Å². The molecule has 0 aliphatic rings. The molecule has 5 nitrogen and oxygen atoms in total. The molecule has 4 aromatic rings. The molecule has 0 radical (unpaired) electrons. The third-order valence-electron chi connectivity index (χ3n) is 5.36. The van der Waals surface area contributed by atoms with Crippen LogP contribution in [0.2, 0.25) is 0 Å². The number of esters is 1. The van der Waals surface area contributed by atoms with E-state index in [9.17, 15) is 9.59 Å². The van der Waals surface area contributed by atoms with Crippen LogP contribution in [-0.2, 0) is 29.4 Å². The summed E-state index contributed by atoms with van der Waals surface area (Å²) in [6.45, 7) is 0.743. The molecule has 0 N–H and O–H groups in total. The summed E-state index contributed by atoms with van der Waals surface area (Å²) in [5.74, 6) is -0.158. The lowest BCUT2D eigenvalue weighted by atomic mass is 10.1. The highest BCUT2D eigenvalue weighted by molar-refractivity contribution is 9.10. The topological polar surface area (TPSA) is 61.8 Å². The monoisotopic (exact) mass is 544 g/mol. The van der Waals surface area contributed by atoms with E-state index in [-0.39, 0.29) is 6.61 Å². The van der Waals surface area contributed by atoms with Gasteiger partial charge in [-0.2, -0.15) is 0 Å². The van der Waals surface area contributed by atoms with Gasteiger partial charge in [0.15, 0.2) is 22.1 Å². The molecular weight excluding hydrogens is 520 g/mol. The van der Waals surface area contributed by atoms with E-state index >= 15 is 0 Å². The third kappa shape index (κ3) is 7.06. The van der Waals surface area contributed by atoms with Crippen LogP contribution in [0.15, 0.2) is 109 Å². The number of ether oxygens (including phenoxy) is 3. The van der Waals surface area contributed by atoms with Crippen molar-refractivity contribution in [3.63, 3.8) is 0 Å². The summed E-state index contributed by atoms with van der Waals surface area (Å²) in [5.41, 5.74) is 3.14. The lowest BCUT2D eigenvalue weighted by molar-refractivity contribution is -0.143. The molecule has 1 unspecified atom stereocenters. The van der Waals surface area contributed by atoms with Crippen molar-refractivity contribution in [2.45, 2.75) is 24.6 Å². The summed E-state index contributed by atoms with van der Waals surface area (Å²) in [6, 6.07) is 33.7. The molecule has 0 saturated heterocycles. The SMILES string of the molecule is O=C(OCc1ccccc1)C(Br)C(=O)c1ccc(OCc2ccccc2)c(OCc2ccccc2)c1. The fraction of sp³-hybridized carbons (Fsp3) is 0.133. The zero-order valence-corrected chi connectivity index (χ0v) is 21.1. The van der Waals surface area contributed by atoms with Gasteiger partial charge in [0, 0.05) is 5.56 Å². The molecule has 0 aliphatic carbocycles. The zero-order valence-electron chi connectivity index (χ0n) is 19.5. The highest BCUT2D eigenvalue weighted by Crippen LogP contribution is 2.31. The maximum Gasteiger partial charge on any atom is 0.328 e. The number of halogens is 1. The Labute approximate surface area is 218 Å². The van der Waals surface area contributed by atoms with E-state index in [1.165, 1.54) is 0 Å². The molecule has 4 rings (SSSR count). The second kappa shape index (κ2) is 12.7. The average Bonchev–Trinajstić information content (AvgIpc) is 2.94. The number of carbonyl (C=O) groups excluding carboxylic acids is 2. The Kier molecular flexibility index (Phi) is 8.89. The minimum Gasteiger partial charge on any atom is -0.485 e. The molecule has 0 spiro atoms. The second-order valence-electron chi connectivity index (χ2n) is 8.03. The Balaban J connectivity index is 1.48. The van der Waals surface area contributed by atoms with Gasteiger partial charge in [0.1, 0.15) is 19.8 Å². The molecule has 0 bridgehead atoms. The lowest BCUT2D eigenvalue weighted by Crippen LogP contribution is -2.26. The molecule has 0 amide bonds. The van der Waals surface area contributed by atoms with Gasteiger partial charge in [-0.1, -0.05) is 107 Å². The van der Waals surface area contributed by atoms with Crippen LogP contribution in [-0.4, -0.2) is 16.6 Å². The van der Waals surface area contributed by atoms with Gasteiger partial charge in [-0.15, -0.1) is 0 Å². The number of carbonyl (C=O) groups is 2. The fourth-order valence-electron chi connectivity index (χ4n) is 3.42. The van der Waals surface area contributed by atoms with Gasteiger partial charge in [0.25, 0.3) is 0 Å². The quantitative estimate of drug-likeness (QED) is 0.0928. The number of hydrogen-bond acceptors (Lipinski definition) is 5. The van der Waals surface area contributed by atoms with Crippen LogP contribution < -0.4 is 9.47 Å². The molecule has 182 valence electrons. The summed E-state index contributed by atoms with van der Waals surface area (Å²) in [6.07, 6.45) is 0. The minimum absolute atomic E-state index is 0.0900. The van der Waals surface area contributed by atoms with Crippen LogP contribution >= 0.6 is 15.9 Å². The molecule has 4 aromatic carbocycles. The number of ketones is 1. The van der Waals surface area contributed by atoms with Gasteiger partial charge >= 0.3 is 5.97 Å². The summed E-state index contributed by atoms with van der Waals surface area (Å²) in [7, 11) is 0. The summed E-state index contributed by atoms with van der Waals surface area (Å²) in [5, 5.41) is 0. The Hall–Kier alpha value is -3.90. The normalized spacial score (nSPS) is 11.4. The molecule has 1 atom stereocenters. The van der Waals surface area contributed by atoms with Crippen molar-refractivity contribution in [1.29, 1.82) is 0 Å². The zero-order chi connectivity index (χ0) is 25.2. The predicted molar refractivity (Wildman–Crippen MR) is 141 cm³/mol. The molecule has 36 heavy (non-hydrogen) atoms. The Morgan fingerprint density at radius 2 is 1.08 bits per heavy atom. The smallest absolute Gasteiger partial charge is 0.328 e. The number of alkyl halides is 1. The summed E-state index contributed by atoms with van der Waals surface area (Å²) >= 11 is 3.20. The van der Waals surface area contributed by atoms with Gasteiger partial charge in [0.05, 0.1) is 0 Å². The minimum atomic E-state index is -1.14. The summed E-state index contributed by atoms with van der Waals surface area (Å²) < 4.78 is 17.4. The van der Waals surface area contributed by atoms with Crippen LogP contribution in [0.3, 0.4) is 0 Å². The maximum atomic E-state index is 13.1. The highest BCUT2D eigenvalue weighted by atomic mass is 79.9. The molecule has 0 fully saturated rings. The Morgan fingerprint density at radius 1 is 0.611 bits per heavy atom. The van der Waals surface area contributed by atoms with Gasteiger partial charge in [-0.3, -0.25) is 9.59 Å². The molecule has 0 aromatic heterocycles. The van der Waals surface area contributed by atoms with Crippen molar-refractivity contribution < 1.29 is 23.8 Å². The van der Waals surface area contributed by atoms with Crippen molar-refractivity contribution in [2.75, 3.05) is 0 Å². The lowest BCUT2D eigenvalue weighted by Gasteiger charge is -2.15. The fourth-order valence-corrected chi connectivity index (χ4v) is 3.82. The van der Waals surface area contributed by atoms with E-state index < -0.39 is 16.6 Å². The number of benzene rings is 4. The van der Waals surface area contributed by atoms with Crippen molar-refractivity contribution in [1.82, 2.24) is 0 Å². The van der Waals surface area contributed by atoms with Crippen LogP contribution in [0.4, 0.5) is 0 Å². The first-order valence-corrected chi connectivity index (χ1v) is 12.4. The van der Waals surface area contributed by atoms with Gasteiger partial charge in [-0.05, 0) is 34.9 Å². The second-order valence-corrected chi connectivity index (χ2v) is 8.95. The molecule has 0 saturated carbocycles. The van der Waals surface area contributed by atoms with Crippen molar-refractivity contribution >= 4 is 27.7 Å². The van der Waals surface area contributed by atoms with Crippen LogP contribution in [0, 0.1) is 0 Å². The molecular formula is C30H25BrO5. The molecule has 0 aliphatic heterocycles. The van der Waals surface area contributed by atoms with E-state index in [4.69, 9.17) is 14.2 Å². The van der Waals surface area contributed by atoms with E-state index in [0.717, 1.165) is 16.7 Å². The van der Waals surface area contributed by atoms with Crippen LogP contribution in [0.1, 0.15) is 27.0 Å². The number of hydrogen-bond donors (Lipinski definition) is 0. The van der Waals surface area contributed by atoms with Crippen molar-refractivity contribution in [3.8, 4) is 11.5 Å². The van der Waals surface area contributed by atoms with Gasteiger partial charge in [-0.25, -0.2) is 0 Å². The molecule has 0 heterocycles. The Morgan fingerprint density at radius 3 is 1.61 bits per heavy atom. The van der Waals surface area contributed by atoms with Gasteiger partial charge < -0.3 is 14.2 Å². The van der Waals surface area contributed by atoms with E-state index in [0.29, 0.717) is 30.3 Å². The van der Waals surface area contributed by atoms with Crippen LogP contribution in [0.5, 0.6) is 11.5 Å². The van der Waals surface area contributed by atoms with E-state index in [1.807, 2.05) is 91.0 Å². The standard InChI is InChI=1S/C30H25BrO5/c31-28(30(33)36-21-24-14-8-3-9-15-24)29(32)25-16-17-26(34-19-22-10-4-1-5-11-22)27(18-25)35-20-23-12-6-2-7-13-23/h1-18,28H,19-21H2. The maximum absolute atomic E-state index is 13.1. The largest absolute Gasteiger partial charge is 0.485 e. The first-order chi connectivity index (χ1) is 17.6. The third-order valence-corrected chi connectivity index (χ3v) is 6.15. The predicted octanol–water partition coefficient (Wildman–Crippen LogP) is 6.53. The molecule has 6 heteroatoms. The highest BCUT2D eigenvalue weighted by Gasteiger charge is 2.27. The first kappa shape index (κ1) is 25.2. The van der Waals surface area contributed by atoms with Crippen molar-refractivity contribution in [2.24, 2.45) is 0 Å². The number of Topliss-reactive ketones (excluding diaryl/α,β-unsaturated/α-hetero) is 1. The van der Waals surface area contributed by atoms with E-state index in [2.05, 4.69) is 15.9 Å². The van der Waals surface area contributed by atoms with Crippen LogP contribution in [0.25, 0.3) is 0 Å². The van der Waals surface area contributed by atoms with Gasteiger partial charge in [0.2, 0.25) is 0 Å². The first-order valence-electron chi connectivity index (χ1n) is 11.5. The average molecular weight is 545 g/mol. The Bertz CT molecular complexity index is 1280. The van der Waals surface area contributed by atoms with E-state index in [1.54, 1.807) is 18.2 Å².